The molecule has 0 bridgehead atoms. The van der Waals surface area contributed by atoms with Gasteiger partial charge in [-0.3, -0.25) is 4.79 Å². The van der Waals surface area contributed by atoms with Crippen LogP contribution in [0.4, 0.5) is 4.39 Å². The fourth-order valence-corrected chi connectivity index (χ4v) is 3.14. The summed E-state index contributed by atoms with van der Waals surface area (Å²) in [5.41, 5.74) is 2.74. The number of hydrogen-bond acceptors (Lipinski definition) is 4. The lowest BCUT2D eigenvalue weighted by molar-refractivity contribution is -0.907. The van der Waals surface area contributed by atoms with Crippen LogP contribution in [0.15, 0.2) is 18.2 Å². The minimum Gasteiger partial charge on any atom is -0.494 e. The minimum atomic E-state index is -0.470. The van der Waals surface area contributed by atoms with Crippen LogP contribution in [0, 0.1) is 19.7 Å². The van der Waals surface area contributed by atoms with E-state index >= 15 is 0 Å². The number of esters is 1. The molecule has 146 valence electrons. The van der Waals surface area contributed by atoms with Gasteiger partial charge >= 0.3 is 5.97 Å². The highest BCUT2D eigenvalue weighted by molar-refractivity contribution is 6.03. The first kappa shape index (κ1) is 20.6. The number of H-pyrrole nitrogens is 1. The maximum Gasteiger partial charge on any atom is 0.339 e. The highest BCUT2D eigenvalue weighted by atomic mass is 19.1. The number of likely N-dealkylation sites (N-methyl/N-ethyl adjacent to an activating group) is 1. The molecule has 0 radical (unpaired) electrons. The molecule has 1 unspecified atom stereocenters. The molecule has 0 saturated carbocycles. The molecular weight excluding hydrogens is 351 g/mol. The van der Waals surface area contributed by atoms with Gasteiger partial charge in [-0.15, -0.1) is 0 Å². The number of quaternary nitrogens is 1. The van der Waals surface area contributed by atoms with Crippen molar-refractivity contribution < 1.29 is 28.4 Å². The van der Waals surface area contributed by atoms with Crippen LogP contribution in [0.5, 0.6) is 5.75 Å². The molecule has 1 heterocycles. The Morgan fingerprint density at radius 3 is 2.48 bits per heavy atom. The molecule has 0 fully saturated rings. The smallest absolute Gasteiger partial charge is 0.339 e. The number of ether oxygens (including phenoxy) is 2. The van der Waals surface area contributed by atoms with Crippen molar-refractivity contribution in [1.82, 2.24) is 4.98 Å². The lowest BCUT2D eigenvalue weighted by Crippen LogP contribution is -3.12. The van der Waals surface area contributed by atoms with Crippen molar-refractivity contribution in [1.29, 1.82) is 0 Å². The average Bonchev–Trinajstić information content (AvgIpc) is 2.94. The van der Waals surface area contributed by atoms with E-state index in [0.29, 0.717) is 29.1 Å². The molecule has 0 amide bonds. The number of carbonyl (C=O) groups excluding carboxylic acids is 2. The van der Waals surface area contributed by atoms with Crippen LogP contribution in [0.3, 0.4) is 0 Å². The lowest BCUT2D eigenvalue weighted by Gasteiger charge is -2.21. The summed E-state index contributed by atoms with van der Waals surface area (Å²) in [5.74, 6) is -0.826. The van der Waals surface area contributed by atoms with E-state index in [2.05, 4.69) is 4.98 Å². The van der Waals surface area contributed by atoms with Crippen LogP contribution in [0.2, 0.25) is 0 Å². The van der Waals surface area contributed by atoms with E-state index in [4.69, 9.17) is 9.47 Å². The summed E-state index contributed by atoms with van der Waals surface area (Å²) in [6.07, 6.45) is 0. The first-order chi connectivity index (χ1) is 12.7. The largest absolute Gasteiger partial charge is 0.494 e. The predicted molar refractivity (Wildman–Crippen MR) is 98.9 cm³/mol. The van der Waals surface area contributed by atoms with Crippen molar-refractivity contribution in [3.63, 3.8) is 0 Å². The standard InChI is InChI=1S/C20H25FN2O4/c1-11-17(20(25)27-6)12(2)22-18(11)19(24)13(3)23(4)10-14-7-8-16(26-5)15(21)9-14/h7-9,13,22H,10H2,1-6H3/p+1/t13-/m1/s1. The van der Waals surface area contributed by atoms with Crippen molar-refractivity contribution in [3.05, 3.63) is 52.1 Å². The molecule has 0 saturated heterocycles. The number of aromatic amines is 1. The quantitative estimate of drug-likeness (QED) is 0.571. The molecule has 2 rings (SSSR count). The zero-order valence-corrected chi connectivity index (χ0v) is 16.5. The molecule has 1 aromatic carbocycles. The van der Waals surface area contributed by atoms with Gasteiger partial charge in [0.05, 0.1) is 32.5 Å². The number of hydrogen-bond donors (Lipinski definition) is 2. The summed E-state index contributed by atoms with van der Waals surface area (Å²) in [4.78, 5) is 28.8. The average molecular weight is 377 g/mol. The third kappa shape index (κ3) is 4.19. The Morgan fingerprint density at radius 2 is 1.93 bits per heavy atom. The molecule has 7 heteroatoms. The number of aryl methyl sites for hydroxylation is 1. The first-order valence-electron chi connectivity index (χ1n) is 8.67. The van der Waals surface area contributed by atoms with Crippen LogP contribution >= 0.6 is 0 Å². The summed E-state index contributed by atoms with van der Waals surface area (Å²) in [5, 5.41) is 0. The van der Waals surface area contributed by atoms with E-state index in [9.17, 15) is 14.0 Å². The summed E-state index contributed by atoms with van der Waals surface area (Å²) in [6, 6.07) is 4.38. The molecule has 0 spiro atoms. The Kier molecular flexibility index (Phi) is 6.38. The second kappa shape index (κ2) is 8.35. The Morgan fingerprint density at radius 1 is 1.26 bits per heavy atom. The number of Topliss-reactive ketones (excluding diaryl/α,β-unsaturated/α-hetero) is 1. The number of carbonyl (C=O) groups is 2. The summed E-state index contributed by atoms with van der Waals surface area (Å²) in [6.45, 7) is 5.74. The second-order valence-electron chi connectivity index (χ2n) is 6.69. The van der Waals surface area contributed by atoms with Gasteiger partial charge in [0, 0.05) is 11.3 Å². The van der Waals surface area contributed by atoms with Gasteiger partial charge in [-0.05, 0) is 44.5 Å². The van der Waals surface area contributed by atoms with Gasteiger partial charge in [-0.25, -0.2) is 9.18 Å². The van der Waals surface area contributed by atoms with E-state index in [-0.39, 0.29) is 11.5 Å². The Hall–Kier alpha value is -2.67. The SMILES string of the molecule is COC(=O)c1c(C)[nH]c(C(=O)[C@@H](C)[NH+](C)Cc2ccc(OC)c(F)c2)c1C. The molecule has 27 heavy (non-hydrogen) atoms. The van der Waals surface area contributed by atoms with Gasteiger partial charge in [-0.2, -0.15) is 0 Å². The van der Waals surface area contributed by atoms with Crippen molar-refractivity contribution in [2.24, 2.45) is 0 Å². The highest BCUT2D eigenvalue weighted by Gasteiger charge is 2.29. The zero-order valence-electron chi connectivity index (χ0n) is 16.5. The van der Waals surface area contributed by atoms with Gasteiger partial charge < -0.3 is 19.4 Å². The molecule has 6 nitrogen and oxygen atoms in total. The van der Waals surface area contributed by atoms with Gasteiger partial charge in [0.2, 0.25) is 5.78 Å². The van der Waals surface area contributed by atoms with Crippen molar-refractivity contribution in [2.75, 3.05) is 21.3 Å². The van der Waals surface area contributed by atoms with Gasteiger partial charge in [0.15, 0.2) is 17.6 Å². The number of aromatic nitrogens is 1. The lowest BCUT2D eigenvalue weighted by atomic mass is 10.0. The molecule has 2 N–H and O–H groups in total. The molecular formula is C20H26FN2O4+. The van der Waals surface area contributed by atoms with E-state index < -0.39 is 17.8 Å². The topological polar surface area (TPSA) is 72.8 Å². The van der Waals surface area contributed by atoms with Gasteiger partial charge in [0.1, 0.15) is 6.54 Å². The van der Waals surface area contributed by atoms with E-state index in [1.165, 1.54) is 20.3 Å². The van der Waals surface area contributed by atoms with E-state index in [1.807, 2.05) is 14.0 Å². The zero-order chi connectivity index (χ0) is 20.3. The Labute approximate surface area is 158 Å². The molecule has 1 aromatic heterocycles. The fraction of sp³-hybridized carbons (Fsp3) is 0.400. The van der Waals surface area contributed by atoms with Crippen molar-refractivity contribution >= 4 is 11.8 Å². The Bertz CT molecular complexity index is 860. The number of nitrogens with one attached hydrogen (secondary N) is 2. The number of halogens is 1. The van der Waals surface area contributed by atoms with Crippen molar-refractivity contribution in [3.8, 4) is 5.75 Å². The third-order valence-electron chi connectivity index (χ3n) is 4.91. The van der Waals surface area contributed by atoms with E-state index in [0.717, 1.165) is 10.5 Å². The third-order valence-corrected chi connectivity index (χ3v) is 4.91. The Balaban J connectivity index is 2.19. The van der Waals surface area contributed by atoms with Crippen LogP contribution in [0.25, 0.3) is 0 Å². The summed E-state index contributed by atoms with van der Waals surface area (Å²) in [7, 11) is 4.60. The normalized spacial score (nSPS) is 13.1. The highest BCUT2D eigenvalue weighted by Crippen LogP contribution is 2.20. The number of benzene rings is 1. The number of rotatable bonds is 7. The maximum atomic E-state index is 13.9. The summed E-state index contributed by atoms with van der Waals surface area (Å²) < 4.78 is 23.6. The fourth-order valence-electron chi connectivity index (χ4n) is 3.14. The summed E-state index contributed by atoms with van der Waals surface area (Å²) >= 11 is 0. The first-order valence-corrected chi connectivity index (χ1v) is 8.67. The van der Waals surface area contributed by atoms with Crippen LogP contribution in [0.1, 0.15) is 44.6 Å². The van der Waals surface area contributed by atoms with Gasteiger partial charge in [-0.1, -0.05) is 0 Å². The van der Waals surface area contributed by atoms with Crippen molar-refractivity contribution in [2.45, 2.75) is 33.4 Å². The molecule has 2 atom stereocenters. The van der Waals surface area contributed by atoms with Crippen LogP contribution < -0.4 is 9.64 Å². The minimum absolute atomic E-state index is 0.114. The monoisotopic (exact) mass is 377 g/mol. The van der Waals surface area contributed by atoms with E-state index in [1.54, 1.807) is 26.0 Å². The number of methoxy groups -OCH3 is 2. The molecule has 2 aromatic rings. The van der Waals surface area contributed by atoms with Crippen LogP contribution in [-0.4, -0.2) is 44.0 Å². The second-order valence-corrected chi connectivity index (χ2v) is 6.69. The molecule has 0 aliphatic rings. The van der Waals surface area contributed by atoms with Gasteiger partial charge in [0.25, 0.3) is 0 Å². The molecule has 0 aliphatic heterocycles. The van der Waals surface area contributed by atoms with Crippen LogP contribution in [-0.2, 0) is 11.3 Å². The maximum absolute atomic E-state index is 13.9. The predicted octanol–water partition coefficient (Wildman–Crippen LogP) is 1.85. The molecule has 0 aliphatic carbocycles. The number of ketones is 1.